The van der Waals surface area contributed by atoms with Gasteiger partial charge >= 0.3 is 0 Å². The van der Waals surface area contributed by atoms with Crippen LogP contribution in [0, 0.1) is 12.8 Å². The molecule has 1 aliphatic carbocycles. The first kappa shape index (κ1) is 24.4. The van der Waals surface area contributed by atoms with Gasteiger partial charge in [0, 0.05) is 41.6 Å². The van der Waals surface area contributed by atoms with Crippen molar-refractivity contribution in [2.24, 2.45) is 5.92 Å². The van der Waals surface area contributed by atoms with Gasteiger partial charge in [-0.2, -0.15) is 0 Å². The van der Waals surface area contributed by atoms with Gasteiger partial charge in [0.25, 0.3) is 5.91 Å². The minimum Gasteiger partial charge on any atom is -0.352 e. The third-order valence-corrected chi connectivity index (χ3v) is 7.36. The predicted octanol–water partition coefficient (Wildman–Crippen LogP) is 6.82. The van der Waals surface area contributed by atoms with Crippen LogP contribution in [0.1, 0.15) is 74.6 Å². The summed E-state index contributed by atoms with van der Waals surface area (Å²) in [7, 11) is 0. The molecule has 1 amide bonds. The number of carbonyl (C=O) groups is 1. The molecule has 0 radical (unpaired) electrons. The summed E-state index contributed by atoms with van der Waals surface area (Å²) in [5, 5.41) is 6.24. The molecule has 1 aliphatic rings. The molecule has 0 saturated carbocycles. The van der Waals surface area contributed by atoms with Crippen molar-refractivity contribution in [1.29, 1.82) is 0 Å². The average molecular weight is 477 g/mol. The summed E-state index contributed by atoms with van der Waals surface area (Å²) >= 11 is 1.64. The number of hydrogen-bond acceptors (Lipinski definition) is 4. The highest BCUT2D eigenvalue weighted by molar-refractivity contribution is 7.13. The Morgan fingerprint density at radius 2 is 2.12 bits per heavy atom. The Morgan fingerprint density at radius 3 is 2.85 bits per heavy atom. The van der Waals surface area contributed by atoms with Crippen molar-refractivity contribution >= 4 is 17.2 Å². The topological polar surface area (TPSA) is 59.8 Å². The van der Waals surface area contributed by atoms with Crippen molar-refractivity contribution in [3.63, 3.8) is 0 Å². The molecule has 6 heteroatoms. The molecule has 5 nitrogen and oxygen atoms in total. The van der Waals surface area contributed by atoms with Gasteiger partial charge in [0.15, 0.2) is 0 Å². The van der Waals surface area contributed by atoms with Gasteiger partial charge in [0.2, 0.25) is 0 Å². The Morgan fingerprint density at radius 1 is 1.26 bits per heavy atom. The molecule has 0 spiro atoms. The van der Waals surface area contributed by atoms with Gasteiger partial charge in [-0.3, -0.25) is 9.78 Å². The average Bonchev–Trinajstić information content (AvgIpc) is 3.45. The molecule has 0 saturated heterocycles. The second kappa shape index (κ2) is 11.1. The van der Waals surface area contributed by atoms with Gasteiger partial charge in [-0.05, 0) is 69.6 Å². The Labute approximate surface area is 207 Å². The summed E-state index contributed by atoms with van der Waals surface area (Å²) in [6.07, 6.45) is 11.0. The highest BCUT2D eigenvalue weighted by Gasteiger charge is 2.21. The van der Waals surface area contributed by atoms with Gasteiger partial charge < -0.3 is 9.88 Å². The van der Waals surface area contributed by atoms with Crippen molar-refractivity contribution < 1.29 is 4.79 Å². The van der Waals surface area contributed by atoms with E-state index in [1.54, 1.807) is 11.3 Å². The lowest BCUT2D eigenvalue weighted by atomic mass is 9.97. The smallest absolute Gasteiger partial charge is 0.253 e. The van der Waals surface area contributed by atoms with Crippen LogP contribution in [-0.2, 0) is 13.0 Å². The first-order valence-corrected chi connectivity index (χ1v) is 13.4. The van der Waals surface area contributed by atoms with Gasteiger partial charge in [0.1, 0.15) is 5.01 Å². The summed E-state index contributed by atoms with van der Waals surface area (Å²) in [6.45, 7) is 10.1. The zero-order chi connectivity index (χ0) is 24.1. The van der Waals surface area contributed by atoms with Crippen molar-refractivity contribution in [2.75, 3.05) is 6.54 Å². The molecule has 3 aromatic rings. The fourth-order valence-corrected chi connectivity index (χ4v) is 5.39. The van der Waals surface area contributed by atoms with Gasteiger partial charge in [-0.25, -0.2) is 4.98 Å². The number of nitrogens with zero attached hydrogens (tertiary/aromatic N) is 3. The molecule has 4 rings (SSSR count). The van der Waals surface area contributed by atoms with Crippen LogP contribution in [0.3, 0.4) is 0 Å². The number of hydrogen-bond donors (Lipinski definition) is 1. The molecule has 3 aromatic heterocycles. The summed E-state index contributed by atoms with van der Waals surface area (Å²) in [5.41, 5.74) is 7.33. The molecule has 0 atom stereocenters. The normalized spacial score (nSPS) is 13.9. The summed E-state index contributed by atoms with van der Waals surface area (Å²) in [4.78, 5) is 22.5. The molecule has 34 heavy (non-hydrogen) atoms. The number of rotatable bonds is 9. The molecule has 0 bridgehead atoms. The maximum absolute atomic E-state index is 13.1. The molecule has 0 unspecified atom stereocenters. The van der Waals surface area contributed by atoms with Crippen LogP contribution in [0.5, 0.6) is 0 Å². The quantitative estimate of drug-likeness (QED) is 0.345. The van der Waals surface area contributed by atoms with E-state index in [0.717, 1.165) is 58.3 Å². The molecule has 0 aromatic carbocycles. The molecule has 3 heterocycles. The summed E-state index contributed by atoms with van der Waals surface area (Å²) in [5.74, 6) is 0.472. The van der Waals surface area contributed by atoms with E-state index in [-0.39, 0.29) is 5.91 Å². The van der Waals surface area contributed by atoms with E-state index < -0.39 is 0 Å². The van der Waals surface area contributed by atoms with Crippen LogP contribution >= 0.6 is 11.3 Å². The van der Waals surface area contributed by atoms with Crippen molar-refractivity contribution in [2.45, 2.75) is 72.8 Å². The SMILES string of the molecule is CCc1cc(-c2nc(-c3cc(C(=O)NCCC4=CCCCC4)c(C)n3CC(C)C)cs2)ccn1. The Bertz CT molecular complexity index is 1170. The number of aromatic nitrogens is 3. The largest absolute Gasteiger partial charge is 0.352 e. The van der Waals surface area contributed by atoms with Crippen LogP contribution in [0.4, 0.5) is 0 Å². The number of allylic oxidation sites excluding steroid dienone is 1. The number of aryl methyl sites for hydroxylation is 1. The molecule has 1 N–H and O–H groups in total. The van der Waals surface area contributed by atoms with E-state index in [1.807, 2.05) is 25.3 Å². The van der Waals surface area contributed by atoms with Gasteiger partial charge in [0.05, 0.1) is 17.0 Å². The fraction of sp³-hybridized carbons (Fsp3) is 0.464. The fourth-order valence-electron chi connectivity index (χ4n) is 4.58. The maximum atomic E-state index is 13.1. The highest BCUT2D eigenvalue weighted by Crippen LogP contribution is 2.32. The summed E-state index contributed by atoms with van der Waals surface area (Å²) < 4.78 is 2.26. The zero-order valence-electron chi connectivity index (χ0n) is 20.9. The van der Waals surface area contributed by atoms with Crippen LogP contribution in [0.2, 0.25) is 0 Å². The minimum absolute atomic E-state index is 0.00911. The third-order valence-electron chi connectivity index (χ3n) is 6.47. The molecular weight excluding hydrogens is 440 g/mol. The Hall–Kier alpha value is -2.73. The molecule has 180 valence electrons. The van der Waals surface area contributed by atoms with Crippen molar-refractivity contribution in [3.05, 3.63) is 58.4 Å². The lowest BCUT2D eigenvalue weighted by molar-refractivity contribution is 0.0953. The van der Waals surface area contributed by atoms with Crippen LogP contribution in [0.25, 0.3) is 22.0 Å². The van der Waals surface area contributed by atoms with E-state index in [4.69, 9.17) is 4.98 Å². The van der Waals surface area contributed by atoms with Crippen LogP contribution in [0.15, 0.2) is 41.4 Å². The van der Waals surface area contributed by atoms with E-state index in [9.17, 15) is 4.79 Å². The zero-order valence-corrected chi connectivity index (χ0v) is 21.7. The van der Waals surface area contributed by atoms with Crippen molar-refractivity contribution in [1.82, 2.24) is 19.9 Å². The Balaban J connectivity index is 1.57. The standard InChI is InChI=1S/C28H36N4OS/c1-5-23-15-22(12-14-29-23)28-31-25(18-34-28)26-16-24(20(4)32(26)17-19(2)3)27(33)30-13-11-21-9-7-6-8-10-21/h9,12,14-16,18-19H,5-8,10-11,13,17H2,1-4H3,(H,30,33). The number of nitrogens with one attached hydrogen (secondary N) is 1. The first-order chi connectivity index (χ1) is 16.5. The maximum Gasteiger partial charge on any atom is 0.253 e. The van der Waals surface area contributed by atoms with E-state index >= 15 is 0 Å². The molecule has 0 fully saturated rings. The monoisotopic (exact) mass is 476 g/mol. The third kappa shape index (κ3) is 5.66. The first-order valence-electron chi connectivity index (χ1n) is 12.5. The van der Waals surface area contributed by atoms with E-state index in [0.29, 0.717) is 12.5 Å². The number of thiazole rings is 1. The second-order valence-corrected chi connectivity index (χ2v) is 10.4. The minimum atomic E-state index is 0.00911. The van der Waals surface area contributed by atoms with Crippen LogP contribution < -0.4 is 5.32 Å². The van der Waals surface area contributed by atoms with E-state index in [1.165, 1.54) is 31.3 Å². The highest BCUT2D eigenvalue weighted by atomic mass is 32.1. The van der Waals surface area contributed by atoms with Crippen molar-refractivity contribution in [3.8, 4) is 22.0 Å². The Kier molecular flexibility index (Phi) is 7.99. The number of pyridine rings is 1. The van der Waals surface area contributed by atoms with Crippen LogP contribution in [-0.4, -0.2) is 27.0 Å². The second-order valence-electron chi connectivity index (χ2n) is 9.57. The lowest BCUT2D eigenvalue weighted by Crippen LogP contribution is -2.25. The summed E-state index contributed by atoms with van der Waals surface area (Å²) in [6, 6.07) is 6.15. The lowest BCUT2D eigenvalue weighted by Gasteiger charge is -2.14. The molecular formula is C28H36N4OS. The van der Waals surface area contributed by atoms with E-state index in [2.05, 4.69) is 53.2 Å². The number of carbonyl (C=O) groups excluding carboxylic acids is 1. The predicted molar refractivity (Wildman–Crippen MR) is 141 cm³/mol. The number of amides is 1. The van der Waals surface area contributed by atoms with Gasteiger partial charge in [-0.1, -0.05) is 32.4 Å². The molecule has 0 aliphatic heterocycles. The van der Waals surface area contributed by atoms with Gasteiger partial charge in [-0.15, -0.1) is 11.3 Å².